The molecule has 4 aliphatic heterocycles. The van der Waals surface area contributed by atoms with Crippen LogP contribution in [-0.4, -0.2) is 120 Å². The monoisotopic (exact) mass is 969 g/mol. The molecule has 4 aromatic rings. The van der Waals surface area contributed by atoms with Crippen molar-refractivity contribution in [3.05, 3.63) is 116 Å². The lowest BCUT2D eigenvalue weighted by Gasteiger charge is -2.37. The molecule has 16 heteroatoms. The van der Waals surface area contributed by atoms with E-state index < -0.39 is 29.7 Å². The van der Waals surface area contributed by atoms with Crippen molar-refractivity contribution in [1.82, 2.24) is 30.3 Å². The number of imide groups is 2. The molecule has 3 aromatic carbocycles. The number of aryl methyl sites for hydroxylation is 2. The quantitative estimate of drug-likeness (QED) is 0.0601. The van der Waals surface area contributed by atoms with Gasteiger partial charge in [0.1, 0.15) is 6.04 Å². The zero-order valence-electron chi connectivity index (χ0n) is 41.6. The molecule has 1 aromatic heterocycles. The number of carbonyl (C=O) groups excluding carboxylic acids is 6. The Bertz CT molecular complexity index is 2700. The summed E-state index contributed by atoms with van der Waals surface area (Å²) in [6, 6.07) is 19.0. The van der Waals surface area contributed by atoms with E-state index in [-0.39, 0.29) is 47.9 Å². The fourth-order valence-corrected chi connectivity index (χ4v) is 10.6. The van der Waals surface area contributed by atoms with Crippen LogP contribution >= 0.6 is 0 Å². The minimum Gasteiger partial charge on any atom is -0.384 e. The number of hydrogen-bond acceptors (Lipinski definition) is 11. The van der Waals surface area contributed by atoms with E-state index >= 15 is 0 Å². The predicted molar refractivity (Wildman–Crippen MR) is 272 cm³/mol. The predicted octanol–water partition coefficient (Wildman–Crippen LogP) is 6.40. The molecule has 5 heterocycles. The molecular formula is C55H68N8O8. The maximum atomic E-state index is 14.0. The fraction of sp³-hybridized carbons (Fsp3) is 0.473. The highest BCUT2D eigenvalue weighted by molar-refractivity contribution is 6.25. The van der Waals surface area contributed by atoms with Crippen LogP contribution in [-0.2, 0) is 32.2 Å². The third kappa shape index (κ3) is 11.8. The van der Waals surface area contributed by atoms with E-state index in [1.54, 1.807) is 18.2 Å². The van der Waals surface area contributed by atoms with Gasteiger partial charge in [-0.3, -0.25) is 48.7 Å². The van der Waals surface area contributed by atoms with Crippen LogP contribution < -0.4 is 26.4 Å². The first-order valence-electron chi connectivity index (χ1n) is 25.5. The SMILES string of the molecule is CCN(c1cc(-c2ccc(CN3CCN(C(=O)CCCCCCCNc4cccc5c4C(=O)N(C4CCC(=O)NC4=O)C5=O)CC3)cc2)cc(C(=O)NCc2c(C)cc(C)[nH]c2=O)c1C)C1CCOCC1. The first kappa shape index (κ1) is 50.7. The number of aromatic amines is 1. The first-order valence-corrected chi connectivity index (χ1v) is 25.5. The molecule has 0 aliphatic carbocycles. The average molecular weight is 969 g/mol. The van der Waals surface area contributed by atoms with Crippen molar-refractivity contribution in [2.24, 2.45) is 0 Å². The second kappa shape index (κ2) is 23.1. The Hall–Kier alpha value is -6.65. The van der Waals surface area contributed by atoms with Crippen LogP contribution in [0, 0.1) is 20.8 Å². The molecular weight excluding hydrogens is 901 g/mol. The normalized spacial score (nSPS) is 17.6. The van der Waals surface area contributed by atoms with Crippen LogP contribution in [0.15, 0.2) is 65.5 Å². The second-order valence-corrected chi connectivity index (χ2v) is 19.4. The molecule has 0 saturated carbocycles. The lowest BCUT2D eigenvalue weighted by atomic mass is 9.94. The van der Waals surface area contributed by atoms with Gasteiger partial charge in [0, 0.05) is 113 Å². The average Bonchev–Trinajstić information content (AvgIpc) is 3.61. The van der Waals surface area contributed by atoms with Gasteiger partial charge in [-0.05, 0) is 118 Å². The van der Waals surface area contributed by atoms with Crippen LogP contribution in [0.4, 0.5) is 11.4 Å². The van der Waals surface area contributed by atoms with Crippen molar-refractivity contribution in [3.8, 4) is 11.1 Å². The third-order valence-electron chi connectivity index (χ3n) is 14.6. The van der Waals surface area contributed by atoms with Crippen LogP contribution in [0.25, 0.3) is 11.1 Å². The Morgan fingerprint density at radius 3 is 2.27 bits per heavy atom. The number of anilines is 2. The number of pyridine rings is 1. The number of unbranched alkanes of at least 4 members (excludes halogenated alkanes) is 4. The van der Waals surface area contributed by atoms with Gasteiger partial charge in [-0.2, -0.15) is 0 Å². The van der Waals surface area contributed by atoms with Crippen molar-refractivity contribution < 1.29 is 33.5 Å². The lowest BCUT2D eigenvalue weighted by Crippen LogP contribution is -2.54. The summed E-state index contributed by atoms with van der Waals surface area (Å²) in [6.45, 7) is 14.6. The Balaban J connectivity index is 0.785. The number of hydrogen-bond donors (Lipinski definition) is 4. The van der Waals surface area contributed by atoms with E-state index in [4.69, 9.17) is 4.74 Å². The number of carbonyl (C=O) groups is 6. The number of aromatic nitrogens is 1. The molecule has 1 atom stereocenters. The van der Waals surface area contributed by atoms with E-state index in [2.05, 4.69) is 68.0 Å². The molecule has 3 saturated heterocycles. The molecule has 1 unspecified atom stereocenters. The van der Waals surface area contributed by atoms with Gasteiger partial charge in [0.15, 0.2) is 0 Å². The molecule has 4 aliphatic rings. The number of nitrogens with one attached hydrogen (secondary N) is 4. The number of nitrogens with zero attached hydrogens (tertiary/aromatic N) is 4. The highest BCUT2D eigenvalue weighted by Crippen LogP contribution is 2.35. The first-order chi connectivity index (χ1) is 34.3. The zero-order chi connectivity index (χ0) is 50.2. The minimum atomic E-state index is -1.00. The summed E-state index contributed by atoms with van der Waals surface area (Å²) in [4.78, 5) is 101. The lowest BCUT2D eigenvalue weighted by molar-refractivity contribution is -0.136. The summed E-state index contributed by atoms with van der Waals surface area (Å²) in [5, 5.41) is 8.59. The van der Waals surface area contributed by atoms with Crippen LogP contribution in [0.3, 0.4) is 0 Å². The molecule has 16 nitrogen and oxygen atoms in total. The molecule has 4 N–H and O–H groups in total. The van der Waals surface area contributed by atoms with Gasteiger partial charge in [0.05, 0.1) is 11.1 Å². The number of piperazine rings is 1. The molecule has 0 radical (unpaired) electrons. The van der Waals surface area contributed by atoms with E-state index in [0.29, 0.717) is 62.1 Å². The number of H-pyrrole nitrogens is 1. The van der Waals surface area contributed by atoms with E-state index in [1.165, 1.54) is 5.56 Å². The molecule has 3 fully saturated rings. The van der Waals surface area contributed by atoms with E-state index in [1.807, 2.05) is 37.8 Å². The second-order valence-electron chi connectivity index (χ2n) is 19.4. The molecule has 71 heavy (non-hydrogen) atoms. The largest absolute Gasteiger partial charge is 0.384 e. The summed E-state index contributed by atoms with van der Waals surface area (Å²) in [6.07, 6.45) is 7.09. The van der Waals surface area contributed by atoms with Crippen molar-refractivity contribution in [2.45, 2.75) is 117 Å². The van der Waals surface area contributed by atoms with Crippen LogP contribution in [0.5, 0.6) is 0 Å². The Morgan fingerprint density at radius 1 is 0.817 bits per heavy atom. The van der Waals surface area contributed by atoms with Gasteiger partial charge in [-0.15, -0.1) is 0 Å². The minimum absolute atomic E-state index is 0.0726. The number of rotatable bonds is 19. The third-order valence-corrected chi connectivity index (χ3v) is 14.6. The van der Waals surface area contributed by atoms with Crippen LogP contribution in [0.1, 0.15) is 130 Å². The Kier molecular flexibility index (Phi) is 16.5. The highest BCUT2D eigenvalue weighted by Gasteiger charge is 2.45. The molecule has 6 amide bonds. The van der Waals surface area contributed by atoms with Gasteiger partial charge in [0.25, 0.3) is 23.3 Å². The van der Waals surface area contributed by atoms with Gasteiger partial charge >= 0.3 is 0 Å². The van der Waals surface area contributed by atoms with Gasteiger partial charge < -0.3 is 30.2 Å². The van der Waals surface area contributed by atoms with E-state index in [9.17, 15) is 33.6 Å². The number of fused-ring (bicyclic) bond motifs is 1. The number of amides is 6. The Labute approximate surface area is 415 Å². The Morgan fingerprint density at radius 2 is 1.55 bits per heavy atom. The van der Waals surface area contributed by atoms with Gasteiger partial charge in [-0.25, -0.2) is 0 Å². The molecule has 0 bridgehead atoms. The molecule has 8 rings (SSSR count). The maximum absolute atomic E-state index is 14.0. The van der Waals surface area contributed by atoms with Crippen molar-refractivity contribution in [2.75, 3.05) is 62.7 Å². The number of piperidine rings is 1. The van der Waals surface area contributed by atoms with Gasteiger partial charge in [0.2, 0.25) is 17.7 Å². The van der Waals surface area contributed by atoms with Crippen molar-refractivity contribution >= 4 is 46.8 Å². The van der Waals surface area contributed by atoms with Crippen molar-refractivity contribution in [1.29, 1.82) is 0 Å². The van der Waals surface area contributed by atoms with Crippen molar-refractivity contribution in [3.63, 3.8) is 0 Å². The molecule has 376 valence electrons. The van der Waals surface area contributed by atoms with Crippen LogP contribution in [0.2, 0.25) is 0 Å². The highest BCUT2D eigenvalue weighted by atomic mass is 16.5. The zero-order valence-corrected chi connectivity index (χ0v) is 41.6. The van der Waals surface area contributed by atoms with Gasteiger partial charge in [-0.1, -0.05) is 49.6 Å². The summed E-state index contributed by atoms with van der Waals surface area (Å²) in [5.74, 6) is -2.11. The fourth-order valence-electron chi connectivity index (χ4n) is 10.6. The summed E-state index contributed by atoms with van der Waals surface area (Å²) < 4.78 is 5.70. The summed E-state index contributed by atoms with van der Waals surface area (Å²) in [5.41, 5.74) is 8.72. The summed E-state index contributed by atoms with van der Waals surface area (Å²) >= 11 is 0. The molecule has 0 spiro atoms. The topological polar surface area (TPSA) is 194 Å². The van der Waals surface area contributed by atoms with E-state index in [0.717, 1.165) is 110 Å². The standard InChI is InChI=1S/C55H68N8O8/c1-5-62(41-21-28-71-29-22-41)47-32-40(31-43(37(47)4)51(66)57-33-44-35(2)30-36(3)58-52(44)67)39-17-15-38(16-18-39)34-60-24-26-61(27-25-60)49(65)14-9-7-6-8-10-23-56-45-13-11-12-42-50(45)55(70)63(54(42)69)46-19-20-48(64)59-53(46)68/h11-13,15-18,30-32,41,46,56H,5-10,14,19-29,33-34H2,1-4H3,(H,57,66)(H,58,67)(H,59,64,68). The summed E-state index contributed by atoms with van der Waals surface area (Å²) in [7, 11) is 0. The number of benzene rings is 3. The maximum Gasteiger partial charge on any atom is 0.264 e. The smallest absolute Gasteiger partial charge is 0.264 e. The number of ether oxygens (including phenoxy) is 1.